The molecule has 0 atom stereocenters. The van der Waals surface area contributed by atoms with Gasteiger partial charge in [0.15, 0.2) is 0 Å². The van der Waals surface area contributed by atoms with Crippen molar-refractivity contribution in [2.45, 2.75) is 11.3 Å². The van der Waals surface area contributed by atoms with E-state index in [1.807, 2.05) is 12.1 Å². The highest BCUT2D eigenvalue weighted by molar-refractivity contribution is 7.89. The van der Waals surface area contributed by atoms with Crippen molar-refractivity contribution in [1.29, 1.82) is 0 Å². The molecule has 0 bridgehead atoms. The smallest absolute Gasteiger partial charge is 0.242 e. The van der Waals surface area contributed by atoms with Crippen LogP contribution in [-0.4, -0.2) is 36.8 Å². The van der Waals surface area contributed by atoms with Crippen LogP contribution in [0.1, 0.15) is 5.56 Å². The minimum atomic E-state index is -3.68. The van der Waals surface area contributed by atoms with Gasteiger partial charge in [-0.1, -0.05) is 23.4 Å². The van der Waals surface area contributed by atoms with E-state index in [0.717, 1.165) is 11.3 Å². The summed E-state index contributed by atoms with van der Waals surface area (Å²) in [5.41, 5.74) is 7.60. The summed E-state index contributed by atoms with van der Waals surface area (Å²) in [6.07, 6.45) is 1.06. The number of hydrazine groups is 1. The van der Waals surface area contributed by atoms with Crippen LogP contribution in [0.25, 0.3) is 11.0 Å². The summed E-state index contributed by atoms with van der Waals surface area (Å²) in [6, 6.07) is 12.1. The number of hydrogen-bond donors (Lipinski definition) is 4. The second-order valence-electron chi connectivity index (χ2n) is 5.20. The number of carbonyl (C=O) groups excluding carboxylic acids is 1. The minimum Gasteiger partial charge on any atom is -0.299 e. The van der Waals surface area contributed by atoms with Crippen LogP contribution in [0.4, 0.5) is 5.69 Å². The van der Waals surface area contributed by atoms with Gasteiger partial charge in [0, 0.05) is 6.54 Å². The number of hydrogen-bond acceptors (Lipinski definition) is 6. The standard InChI is InChI=1S/C15H16N6O3S/c22-10-16-18-12-6-4-11(5-7-12)8-9-17-25(23,24)14-3-1-2-13-15(14)20-21-19-13/h1-7,10,17-18H,8-9H2,(H,16,22)(H,19,20,21). The molecule has 0 spiro atoms. The Bertz CT molecular complexity index is 968. The average molecular weight is 360 g/mol. The van der Waals surface area contributed by atoms with E-state index < -0.39 is 10.0 Å². The Kier molecular flexibility index (Phi) is 4.91. The Hall–Kier alpha value is -2.98. The van der Waals surface area contributed by atoms with E-state index in [2.05, 4.69) is 31.0 Å². The van der Waals surface area contributed by atoms with E-state index in [1.54, 1.807) is 24.3 Å². The van der Waals surface area contributed by atoms with Crippen molar-refractivity contribution in [3.8, 4) is 0 Å². The largest absolute Gasteiger partial charge is 0.299 e. The Morgan fingerprint density at radius 1 is 1.12 bits per heavy atom. The summed E-state index contributed by atoms with van der Waals surface area (Å²) in [5, 5.41) is 10.1. The molecule has 0 unspecified atom stereocenters. The fourth-order valence-electron chi connectivity index (χ4n) is 2.34. The molecule has 1 aromatic heterocycles. The Morgan fingerprint density at radius 2 is 1.92 bits per heavy atom. The Balaban J connectivity index is 1.63. The van der Waals surface area contributed by atoms with Crippen LogP contribution in [-0.2, 0) is 21.2 Å². The molecule has 1 heterocycles. The van der Waals surface area contributed by atoms with Crippen molar-refractivity contribution in [3.05, 3.63) is 48.0 Å². The van der Waals surface area contributed by atoms with Crippen LogP contribution in [0.3, 0.4) is 0 Å². The molecule has 0 saturated carbocycles. The maximum atomic E-state index is 12.5. The number of fused-ring (bicyclic) bond motifs is 1. The number of H-pyrrole nitrogens is 1. The molecule has 3 aromatic rings. The Labute approximate surface area is 143 Å². The number of aromatic nitrogens is 3. The van der Waals surface area contributed by atoms with Gasteiger partial charge in [0.2, 0.25) is 16.4 Å². The highest BCUT2D eigenvalue weighted by Gasteiger charge is 2.18. The zero-order chi connectivity index (χ0) is 17.7. The zero-order valence-electron chi connectivity index (χ0n) is 13.1. The molecule has 0 aliphatic carbocycles. The molecule has 0 radical (unpaired) electrons. The summed E-state index contributed by atoms with van der Waals surface area (Å²) in [4.78, 5) is 10.3. The van der Waals surface area contributed by atoms with Crippen molar-refractivity contribution in [3.63, 3.8) is 0 Å². The Morgan fingerprint density at radius 3 is 2.68 bits per heavy atom. The fourth-order valence-corrected chi connectivity index (χ4v) is 3.53. The van der Waals surface area contributed by atoms with E-state index in [1.165, 1.54) is 6.07 Å². The SMILES string of the molecule is O=CNNc1ccc(CCNS(=O)(=O)c2cccc3[nH]nnc23)cc1. The molecule has 0 aliphatic heterocycles. The molecule has 2 aromatic carbocycles. The molecule has 130 valence electrons. The molecule has 3 rings (SSSR count). The van der Waals surface area contributed by atoms with Crippen molar-refractivity contribution in [2.24, 2.45) is 0 Å². The number of nitrogens with one attached hydrogen (secondary N) is 4. The first kappa shape index (κ1) is 16.9. The summed E-state index contributed by atoms with van der Waals surface area (Å²) in [6.45, 7) is 0.246. The molecule has 10 heteroatoms. The normalized spacial score (nSPS) is 11.4. The van der Waals surface area contributed by atoms with Gasteiger partial charge in [-0.2, -0.15) is 0 Å². The summed E-state index contributed by atoms with van der Waals surface area (Å²) in [5.74, 6) is 0. The predicted molar refractivity (Wildman–Crippen MR) is 92.0 cm³/mol. The predicted octanol–water partition coefficient (Wildman–Crippen LogP) is 0.552. The molecule has 1 amide bonds. The second kappa shape index (κ2) is 7.28. The number of carbonyl (C=O) groups is 1. The van der Waals surface area contributed by atoms with Crippen LogP contribution >= 0.6 is 0 Å². The first-order chi connectivity index (χ1) is 12.1. The van der Waals surface area contributed by atoms with Gasteiger partial charge < -0.3 is 0 Å². The molecule has 25 heavy (non-hydrogen) atoms. The molecule has 4 N–H and O–H groups in total. The molecule has 0 saturated heterocycles. The van der Waals surface area contributed by atoms with Crippen LogP contribution in [0.15, 0.2) is 47.4 Å². The highest BCUT2D eigenvalue weighted by atomic mass is 32.2. The quantitative estimate of drug-likeness (QED) is 0.343. The third-order valence-corrected chi connectivity index (χ3v) is 5.04. The van der Waals surface area contributed by atoms with E-state index in [9.17, 15) is 13.2 Å². The number of amides is 1. The summed E-state index contributed by atoms with van der Waals surface area (Å²) >= 11 is 0. The van der Waals surface area contributed by atoms with E-state index in [4.69, 9.17) is 0 Å². The first-order valence-corrected chi connectivity index (χ1v) is 8.92. The van der Waals surface area contributed by atoms with Crippen LogP contribution in [0, 0.1) is 0 Å². The topological polar surface area (TPSA) is 129 Å². The molecule has 0 fully saturated rings. The van der Waals surface area contributed by atoms with E-state index in [0.29, 0.717) is 23.9 Å². The minimum absolute atomic E-state index is 0.0956. The molecule has 9 nitrogen and oxygen atoms in total. The van der Waals surface area contributed by atoms with Crippen LogP contribution < -0.4 is 15.6 Å². The van der Waals surface area contributed by atoms with Gasteiger partial charge >= 0.3 is 0 Å². The number of benzene rings is 2. The van der Waals surface area contributed by atoms with Gasteiger partial charge in [0.1, 0.15) is 10.4 Å². The number of aromatic amines is 1. The second-order valence-corrected chi connectivity index (χ2v) is 6.93. The number of rotatable bonds is 8. The lowest BCUT2D eigenvalue weighted by Gasteiger charge is -2.08. The molecule has 0 aliphatic rings. The van der Waals surface area contributed by atoms with Crippen molar-refractivity contribution in [2.75, 3.05) is 12.0 Å². The molecular weight excluding hydrogens is 344 g/mol. The van der Waals surface area contributed by atoms with Crippen molar-refractivity contribution >= 4 is 33.2 Å². The van der Waals surface area contributed by atoms with Crippen molar-refractivity contribution < 1.29 is 13.2 Å². The van der Waals surface area contributed by atoms with Crippen LogP contribution in [0.5, 0.6) is 0 Å². The maximum absolute atomic E-state index is 12.5. The highest BCUT2D eigenvalue weighted by Crippen LogP contribution is 2.18. The van der Waals surface area contributed by atoms with Crippen molar-refractivity contribution in [1.82, 2.24) is 25.6 Å². The van der Waals surface area contributed by atoms with E-state index >= 15 is 0 Å². The summed E-state index contributed by atoms with van der Waals surface area (Å²) in [7, 11) is -3.68. The van der Waals surface area contributed by atoms with Gasteiger partial charge in [0.05, 0.1) is 11.2 Å². The van der Waals surface area contributed by atoms with Gasteiger partial charge in [-0.05, 0) is 36.2 Å². The number of anilines is 1. The zero-order valence-corrected chi connectivity index (χ0v) is 13.9. The lowest BCUT2D eigenvalue weighted by Crippen LogP contribution is -2.26. The van der Waals surface area contributed by atoms with E-state index in [-0.39, 0.29) is 11.4 Å². The summed E-state index contributed by atoms with van der Waals surface area (Å²) < 4.78 is 27.5. The van der Waals surface area contributed by atoms with Gasteiger partial charge in [-0.15, -0.1) is 5.10 Å². The average Bonchev–Trinajstić information content (AvgIpc) is 3.09. The van der Waals surface area contributed by atoms with Gasteiger partial charge in [-0.25, -0.2) is 13.1 Å². The number of sulfonamides is 1. The third-order valence-electron chi connectivity index (χ3n) is 3.54. The van der Waals surface area contributed by atoms with Gasteiger partial charge in [0.25, 0.3) is 0 Å². The monoisotopic (exact) mass is 360 g/mol. The third kappa shape index (κ3) is 3.92. The fraction of sp³-hybridized carbons (Fsp3) is 0.133. The van der Waals surface area contributed by atoms with Gasteiger partial charge in [-0.3, -0.25) is 20.7 Å². The maximum Gasteiger partial charge on any atom is 0.242 e. The first-order valence-electron chi connectivity index (χ1n) is 7.44. The van der Waals surface area contributed by atoms with Crippen LogP contribution in [0.2, 0.25) is 0 Å². The lowest BCUT2D eigenvalue weighted by molar-refractivity contribution is -0.109. The number of nitrogens with zero attached hydrogens (tertiary/aromatic N) is 2. The lowest BCUT2D eigenvalue weighted by atomic mass is 10.1. The molecular formula is C15H16N6O3S.